The lowest BCUT2D eigenvalue weighted by Crippen LogP contribution is -2.00. The van der Waals surface area contributed by atoms with Crippen LogP contribution in [-0.4, -0.2) is 6.61 Å². The predicted octanol–water partition coefficient (Wildman–Crippen LogP) is 7.02. The number of fused-ring (bicyclic) bond motifs is 1. The van der Waals surface area contributed by atoms with Gasteiger partial charge in [-0.1, -0.05) is 54.6 Å². The van der Waals surface area contributed by atoms with Gasteiger partial charge in [0.1, 0.15) is 12.4 Å². The number of rotatable bonds is 7. The number of hydrogen-bond donors (Lipinski definition) is 0. The maximum Gasteiger partial charge on any atom is 0.161 e. The van der Waals surface area contributed by atoms with Gasteiger partial charge in [0.25, 0.3) is 0 Å². The van der Waals surface area contributed by atoms with Crippen molar-refractivity contribution in [1.29, 1.82) is 5.26 Å². The summed E-state index contributed by atoms with van der Waals surface area (Å²) in [5, 5.41) is 11.9. The molecular weight excluding hydrogens is 401 g/mol. The first-order chi connectivity index (χ1) is 15.7. The second-order valence-corrected chi connectivity index (χ2v) is 7.29. The van der Waals surface area contributed by atoms with E-state index in [1.807, 2.05) is 37.3 Å². The fourth-order valence-corrected chi connectivity index (χ4v) is 3.49. The summed E-state index contributed by atoms with van der Waals surface area (Å²) >= 11 is 0. The van der Waals surface area contributed by atoms with Crippen molar-refractivity contribution in [2.24, 2.45) is 0 Å². The van der Waals surface area contributed by atoms with E-state index in [9.17, 15) is 9.65 Å². The fourth-order valence-electron chi connectivity index (χ4n) is 3.49. The maximum absolute atomic E-state index is 13.6. The zero-order valence-electron chi connectivity index (χ0n) is 17.7. The van der Waals surface area contributed by atoms with Crippen molar-refractivity contribution in [3.05, 3.63) is 107 Å². The molecule has 0 aliphatic heterocycles. The van der Waals surface area contributed by atoms with Gasteiger partial charge < -0.3 is 9.47 Å². The Labute approximate surface area is 187 Å². The number of nitrogens with zero attached hydrogens (tertiary/aromatic N) is 1. The number of halogens is 1. The molecular formula is C28H22FNO2. The Morgan fingerprint density at radius 3 is 2.50 bits per heavy atom. The Hall–Kier alpha value is -4.10. The van der Waals surface area contributed by atoms with E-state index in [0.717, 1.165) is 11.1 Å². The van der Waals surface area contributed by atoms with Crippen molar-refractivity contribution >= 4 is 22.4 Å². The third kappa shape index (κ3) is 4.96. The van der Waals surface area contributed by atoms with E-state index >= 15 is 0 Å². The molecule has 0 unspecified atom stereocenters. The highest BCUT2D eigenvalue weighted by Gasteiger charge is 2.09. The molecule has 4 aromatic rings. The predicted molar refractivity (Wildman–Crippen MR) is 126 cm³/mol. The fraction of sp³-hybridized carbons (Fsp3) is 0.107. The van der Waals surface area contributed by atoms with Gasteiger partial charge >= 0.3 is 0 Å². The van der Waals surface area contributed by atoms with Gasteiger partial charge in [-0.25, -0.2) is 4.39 Å². The van der Waals surface area contributed by atoms with Crippen LogP contribution in [-0.2, 0) is 6.61 Å². The van der Waals surface area contributed by atoms with E-state index in [-0.39, 0.29) is 5.82 Å². The van der Waals surface area contributed by atoms with Gasteiger partial charge in [0.2, 0.25) is 0 Å². The molecule has 0 aromatic heterocycles. The second-order valence-electron chi connectivity index (χ2n) is 7.29. The van der Waals surface area contributed by atoms with E-state index < -0.39 is 0 Å². The molecule has 0 saturated carbocycles. The van der Waals surface area contributed by atoms with E-state index in [2.05, 4.69) is 36.4 Å². The smallest absolute Gasteiger partial charge is 0.161 e. The van der Waals surface area contributed by atoms with Crippen LogP contribution in [0.25, 0.3) is 22.4 Å². The quantitative estimate of drug-likeness (QED) is 0.237. The van der Waals surface area contributed by atoms with E-state index in [0.29, 0.717) is 35.8 Å². The molecule has 0 N–H and O–H groups in total. The van der Waals surface area contributed by atoms with Crippen LogP contribution in [0.3, 0.4) is 0 Å². The lowest BCUT2D eigenvalue weighted by molar-refractivity contribution is 0.269. The number of hydrogen-bond acceptors (Lipinski definition) is 3. The molecule has 0 heterocycles. The Morgan fingerprint density at radius 1 is 0.875 bits per heavy atom. The molecule has 3 nitrogen and oxygen atoms in total. The van der Waals surface area contributed by atoms with Gasteiger partial charge in [0.05, 0.1) is 18.2 Å². The zero-order valence-corrected chi connectivity index (χ0v) is 17.7. The lowest BCUT2D eigenvalue weighted by Gasteiger charge is -2.13. The van der Waals surface area contributed by atoms with Crippen LogP contribution in [0, 0.1) is 17.1 Å². The molecule has 0 amide bonds. The third-order valence-electron chi connectivity index (χ3n) is 5.04. The highest BCUT2D eigenvalue weighted by molar-refractivity contribution is 5.89. The van der Waals surface area contributed by atoms with E-state index in [1.165, 1.54) is 22.9 Å². The lowest BCUT2D eigenvalue weighted by atomic mass is 10.0. The topological polar surface area (TPSA) is 42.2 Å². The van der Waals surface area contributed by atoms with Crippen molar-refractivity contribution in [2.45, 2.75) is 13.5 Å². The molecule has 4 aromatic carbocycles. The van der Waals surface area contributed by atoms with Crippen LogP contribution in [0.5, 0.6) is 11.5 Å². The normalized spacial score (nSPS) is 11.2. The van der Waals surface area contributed by atoms with Crippen molar-refractivity contribution in [3.8, 4) is 17.6 Å². The Morgan fingerprint density at radius 2 is 1.72 bits per heavy atom. The van der Waals surface area contributed by atoms with Crippen LogP contribution < -0.4 is 9.47 Å². The molecule has 158 valence electrons. The molecule has 0 spiro atoms. The molecule has 32 heavy (non-hydrogen) atoms. The van der Waals surface area contributed by atoms with E-state index in [4.69, 9.17) is 9.47 Å². The largest absolute Gasteiger partial charge is 0.490 e. The van der Waals surface area contributed by atoms with Gasteiger partial charge in [0.15, 0.2) is 11.5 Å². The summed E-state index contributed by atoms with van der Waals surface area (Å²) in [5.74, 6) is 0.844. The third-order valence-corrected chi connectivity index (χ3v) is 5.04. The molecule has 0 aliphatic carbocycles. The van der Waals surface area contributed by atoms with Crippen LogP contribution in [0.4, 0.5) is 4.39 Å². The SMILES string of the molecule is CCOc1cc(/C=C(/C#N)c2cccc(F)c2)ccc1OCc1ccc2ccccc2c1. The van der Waals surface area contributed by atoms with Crippen LogP contribution in [0.15, 0.2) is 84.9 Å². The summed E-state index contributed by atoms with van der Waals surface area (Å²) in [7, 11) is 0. The number of allylic oxidation sites excluding steroid dienone is 1. The van der Waals surface area contributed by atoms with Gasteiger partial charge in [-0.2, -0.15) is 5.26 Å². The van der Waals surface area contributed by atoms with Gasteiger partial charge in [0, 0.05) is 0 Å². The van der Waals surface area contributed by atoms with Crippen LogP contribution >= 0.6 is 0 Å². The molecule has 0 bridgehead atoms. The van der Waals surface area contributed by atoms with Crippen molar-refractivity contribution in [1.82, 2.24) is 0 Å². The summed E-state index contributed by atoms with van der Waals surface area (Å²) in [6.45, 7) is 2.80. The monoisotopic (exact) mass is 423 g/mol. The highest BCUT2D eigenvalue weighted by atomic mass is 19.1. The average Bonchev–Trinajstić information content (AvgIpc) is 2.82. The average molecular weight is 423 g/mol. The molecule has 4 heteroatoms. The summed E-state index contributed by atoms with van der Waals surface area (Å²) in [6, 6.07) is 28.1. The Bertz CT molecular complexity index is 1320. The maximum atomic E-state index is 13.6. The van der Waals surface area contributed by atoms with Crippen LogP contribution in [0.2, 0.25) is 0 Å². The van der Waals surface area contributed by atoms with Gasteiger partial charge in [-0.3, -0.25) is 0 Å². The standard InChI is InChI=1S/C28H22FNO2/c1-2-31-28-16-20(14-25(18-30)24-8-5-9-26(29)17-24)11-13-27(28)32-19-21-10-12-22-6-3-4-7-23(22)15-21/h3-17H,2,19H2,1H3/b25-14-. The Kier molecular flexibility index (Phi) is 6.48. The number of ether oxygens (including phenoxy) is 2. The highest BCUT2D eigenvalue weighted by Crippen LogP contribution is 2.31. The molecule has 0 atom stereocenters. The van der Waals surface area contributed by atoms with Crippen molar-refractivity contribution < 1.29 is 13.9 Å². The minimum atomic E-state index is -0.379. The van der Waals surface area contributed by atoms with Crippen molar-refractivity contribution in [3.63, 3.8) is 0 Å². The molecule has 0 fully saturated rings. The summed E-state index contributed by atoms with van der Waals surface area (Å²) < 4.78 is 25.4. The number of benzene rings is 4. The summed E-state index contributed by atoms with van der Waals surface area (Å²) in [6.07, 6.45) is 1.71. The van der Waals surface area contributed by atoms with Gasteiger partial charge in [-0.15, -0.1) is 0 Å². The number of nitriles is 1. The first-order valence-electron chi connectivity index (χ1n) is 10.4. The zero-order chi connectivity index (χ0) is 22.3. The minimum absolute atomic E-state index is 0.372. The molecule has 0 saturated heterocycles. The first kappa shape index (κ1) is 21.1. The first-order valence-corrected chi connectivity index (χ1v) is 10.4. The summed E-state index contributed by atoms with van der Waals surface area (Å²) in [5.41, 5.74) is 2.74. The Balaban J connectivity index is 1.57. The van der Waals surface area contributed by atoms with Crippen molar-refractivity contribution in [2.75, 3.05) is 6.61 Å². The second kappa shape index (κ2) is 9.80. The van der Waals surface area contributed by atoms with E-state index in [1.54, 1.807) is 18.2 Å². The van der Waals surface area contributed by atoms with Gasteiger partial charge in [-0.05, 0) is 70.8 Å². The molecule has 0 aliphatic rings. The van der Waals surface area contributed by atoms with Crippen LogP contribution in [0.1, 0.15) is 23.6 Å². The minimum Gasteiger partial charge on any atom is -0.490 e. The molecule has 0 radical (unpaired) electrons. The molecule has 4 rings (SSSR count). The summed E-state index contributed by atoms with van der Waals surface area (Å²) in [4.78, 5) is 0.